The highest BCUT2D eigenvalue weighted by Gasteiger charge is 2.07. The molecule has 0 radical (unpaired) electrons. The highest BCUT2D eigenvalue weighted by Crippen LogP contribution is 2.28. The second kappa shape index (κ2) is 16.3. The molecule has 0 spiro atoms. The van der Waals surface area contributed by atoms with Crippen LogP contribution in [0, 0.1) is 0 Å². The monoisotopic (exact) mass is 506 g/mol. The number of carbonyl (C=O) groups excluding carboxylic acids is 1. The largest absolute Gasteiger partial charge is 0.490 e. The van der Waals surface area contributed by atoms with Gasteiger partial charge in [0, 0.05) is 33.1 Å². The number of nitrogens with one attached hydrogen (secondary N) is 3. The molecule has 1 aromatic carbocycles. The first-order valence-electron chi connectivity index (χ1n) is 9.74. The van der Waals surface area contributed by atoms with E-state index in [1.54, 1.807) is 7.05 Å². The third kappa shape index (κ3) is 10.6. The minimum atomic E-state index is 0. The van der Waals surface area contributed by atoms with E-state index < -0.39 is 0 Å². The molecule has 0 bridgehead atoms. The van der Waals surface area contributed by atoms with Crippen LogP contribution in [-0.4, -0.2) is 51.8 Å². The van der Waals surface area contributed by atoms with Gasteiger partial charge in [-0.15, -0.1) is 24.0 Å². The Kier molecular flexibility index (Phi) is 15.3. The SMILES string of the molecule is CCCNC(=O)CCNC(=NC)NCCc1ccc(OCC)c(OCC)c1.I. The van der Waals surface area contributed by atoms with Gasteiger partial charge in [-0.2, -0.15) is 0 Å². The third-order valence-corrected chi connectivity index (χ3v) is 3.75. The van der Waals surface area contributed by atoms with E-state index in [9.17, 15) is 4.79 Å². The van der Waals surface area contributed by atoms with Gasteiger partial charge in [0.05, 0.1) is 13.2 Å². The van der Waals surface area contributed by atoms with Crippen molar-refractivity contribution in [2.45, 2.75) is 40.0 Å². The van der Waals surface area contributed by atoms with Crippen molar-refractivity contribution >= 4 is 35.8 Å². The Morgan fingerprint density at radius 1 is 0.964 bits per heavy atom. The maximum atomic E-state index is 11.6. The molecule has 160 valence electrons. The van der Waals surface area contributed by atoms with Crippen molar-refractivity contribution in [3.63, 3.8) is 0 Å². The van der Waals surface area contributed by atoms with Crippen molar-refractivity contribution < 1.29 is 14.3 Å². The zero-order chi connectivity index (χ0) is 19.9. The van der Waals surface area contributed by atoms with Crippen molar-refractivity contribution in [2.24, 2.45) is 4.99 Å². The molecule has 3 N–H and O–H groups in total. The molecule has 1 rings (SSSR count). The minimum absolute atomic E-state index is 0. The molecule has 8 heteroatoms. The second-order valence-electron chi connectivity index (χ2n) is 5.92. The van der Waals surface area contributed by atoms with Gasteiger partial charge >= 0.3 is 0 Å². The predicted molar refractivity (Wildman–Crippen MR) is 125 cm³/mol. The van der Waals surface area contributed by atoms with Gasteiger partial charge in [-0.25, -0.2) is 0 Å². The Bertz CT molecular complexity index is 597. The van der Waals surface area contributed by atoms with Gasteiger partial charge in [-0.05, 0) is 44.4 Å². The Morgan fingerprint density at radius 3 is 2.29 bits per heavy atom. The number of ether oxygens (including phenoxy) is 2. The first-order valence-corrected chi connectivity index (χ1v) is 9.74. The number of nitrogens with zero attached hydrogens (tertiary/aromatic N) is 1. The van der Waals surface area contributed by atoms with E-state index >= 15 is 0 Å². The molecule has 7 nitrogen and oxygen atoms in total. The quantitative estimate of drug-likeness (QED) is 0.231. The number of hydrogen-bond donors (Lipinski definition) is 3. The van der Waals surface area contributed by atoms with E-state index in [2.05, 4.69) is 20.9 Å². The van der Waals surface area contributed by atoms with E-state index in [1.165, 1.54) is 0 Å². The lowest BCUT2D eigenvalue weighted by Gasteiger charge is -2.14. The zero-order valence-electron chi connectivity index (χ0n) is 17.5. The lowest BCUT2D eigenvalue weighted by atomic mass is 10.1. The topological polar surface area (TPSA) is 84.0 Å². The summed E-state index contributed by atoms with van der Waals surface area (Å²) in [5.74, 6) is 2.29. The third-order valence-electron chi connectivity index (χ3n) is 3.75. The van der Waals surface area contributed by atoms with Gasteiger partial charge in [0.2, 0.25) is 5.91 Å². The van der Waals surface area contributed by atoms with Crippen LogP contribution < -0.4 is 25.4 Å². The fourth-order valence-corrected chi connectivity index (χ4v) is 2.44. The summed E-state index contributed by atoms with van der Waals surface area (Å²) in [5.41, 5.74) is 1.16. The lowest BCUT2D eigenvalue weighted by molar-refractivity contribution is -0.120. The predicted octanol–water partition coefficient (Wildman–Crippen LogP) is 2.73. The minimum Gasteiger partial charge on any atom is -0.490 e. The molecule has 0 heterocycles. The fraction of sp³-hybridized carbons (Fsp3) is 0.600. The molecule has 0 aromatic heterocycles. The van der Waals surface area contributed by atoms with Crippen LogP contribution >= 0.6 is 24.0 Å². The maximum absolute atomic E-state index is 11.6. The molecular formula is C20H35IN4O3. The molecule has 0 aliphatic rings. The Hall–Kier alpha value is -1.71. The molecule has 0 aliphatic carbocycles. The average Bonchev–Trinajstić information content (AvgIpc) is 2.67. The van der Waals surface area contributed by atoms with Crippen LogP contribution in [-0.2, 0) is 11.2 Å². The van der Waals surface area contributed by atoms with Crippen LogP contribution in [0.3, 0.4) is 0 Å². The highest BCUT2D eigenvalue weighted by atomic mass is 127. The highest BCUT2D eigenvalue weighted by molar-refractivity contribution is 14.0. The van der Waals surface area contributed by atoms with E-state index in [1.807, 2.05) is 39.0 Å². The first-order chi connectivity index (χ1) is 13.1. The summed E-state index contributed by atoms with van der Waals surface area (Å²) in [7, 11) is 1.72. The number of guanidine groups is 1. The summed E-state index contributed by atoms with van der Waals surface area (Å²) in [6.45, 7) is 9.16. The van der Waals surface area contributed by atoms with Crippen molar-refractivity contribution in [3.8, 4) is 11.5 Å². The first kappa shape index (κ1) is 26.3. The average molecular weight is 506 g/mol. The Morgan fingerprint density at radius 2 is 1.64 bits per heavy atom. The van der Waals surface area contributed by atoms with Crippen LogP contribution in [0.15, 0.2) is 23.2 Å². The number of aliphatic imine (C=N–C) groups is 1. The van der Waals surface area contributed by atoms with Crippen LogP contribution in [0.2, 0.25) is 0 Å². The van der Waals surface area contributed by atoms with Crippen molar-refractivity contribution in [2.75, 3.05) is 39.9 Å². The number of carbonyl (C=O) groups is 1. The normalized spacial score (nSPS) is 10.6. The fourth-order valence-electron chi connectivity index (χ4n) is 2.44. The molecule has 0 saturated heterocycles. The van der Waals surface area contributed by atoms with Gasteiger partial charge in [-0.3, -0.25) is 9.79 Å². The molecule has 1 aromatic rings. The van der Waals surface area contributed by atoms with E-state index in [4.69, 9.17) is 9.47 Å². The Labute approximate surface area is 186 Å². The molecule has 1 amide bonds. The summed E-state index contributed by atoms with van der Waals surface area (Å²) in [4.78, 5) is 15.8. The molecule has 0 atom stereocenters. The van der Waals surface area contributed by atoms with E-state index in [0.29, 0.717) is 32.1 Å². The molecule has 0 saturated carbocycles. The molecule has 0 unspecified atom stereocenters. The number of halogens is 1. The van der Waals surface area contributed by atoms with Crippen molar-refractivity contribution in [1.82, 2.24) is 16.0 Å². The molecular weight excluding hydrogens is 471 g/mol. The molecule has 0 aliphatic heterocycles. The number of hydrogen-bond acceptors (Lipinski definition) is 4. The van der Waals surface area contributed by atoms with Gasteiger partial charge in [-0.1, -0.05) is 13.0 Å². The number of rotatable bonds is 12. The number of amides is 1. The van der Waals surface area contributed by atoms with Crippen molar-refractivity contribution in [3.05, 3.63) is 23.8 Å². The second-order valence-corrected chi connectivity index (χ2v) is 5.92. The van der Waals surface area contributed by atoms with Crippen LogP contribution in [0.4, 0.5) is 0 Å². The van der Waals surface area contributed by atoms with Crippen molar-refractivity contribution in [1.29, 1.82) is 0 Å². The summed E-state index contributed by atoms with van der Waals surface area (Å²) < 4.78 is 11.3. The number of benzene rings is 1. The molecule has 0 fully saturated rings. The summed E-state index contributed by atoms with van der Waals surface area (Å²) in [6, 6.07) is 6.01. The van der Waals surface area contributed by atoms with Gasteiger partial charge in [0.1, 0.15) is 0 Å². The lowest BCUT2D eigenvalue weighted by Crippen LogP contribution is -2.40. The van der Waals surface area contributed by atoms with Gasteiger partial charge < -0.3 is 25.4 Å². The summed E-state index contributed by atoms with van der Waals surface area (Å²) >= 11 is 0. The van der Waals surface area contributed by atoms with Crippen LogP contribution in [0.5, 0.6) is 11.5 Å². The Balaban J connectivity index is 0.00000729. The zero-order valence-corrected chi connectivity index (χ0v) is 19.8. The van der Waals surface area contributed by atoms with Gasteiger partial charge in [0.15, 0.2) is 17.5 Å². The van der Waals surface area contributed by atoms with E-state index in [-0.39, 0.29) is 29.9 Å². The smallest absolute Gasteiger partial charge is 0.221 e. The van der Waals surface area contributed by atoms with Crippen LogP contribution in [0.1, 0.15) is 39.2 Å². The summed E-state index contributed by atoms with van der Waals surface area (Å²) in [6.07, 6.45) is 2.19. The van der Waals surface area contributed by atoms with Gasteiger partial charge in [0.25, 0.3) is 0 Å². The summed E-state index contributed by atoms with van der Waals surface area (Å²) in [5, 5.41) is 9.27. The standard InChI is InChI=1S/C20H34N4O3.HI/c1-5-12-22-19(25)11-14-24-20(21-4)23-13-10-16-8-9-17(26-6-2)18(15-16)27-7-3;/h8-9,15H,5-7,10-14H2,1-4H3,(H,22,25)(H2,21,23,24);1H. The van der Waals surface area contributed by atoms with E-state index in [0.717, 1.165) is 43.0 Å². The maximum Gasteiger partial charge on any atom is 0.221 e. The molecule has 28 heavy (non-hydrogen) atoms. The van der Waals surface area contributed by atoms with Crippen LogP contribution in [0.25, 0.3) is 0 Å².